The smallest absolute Gasteiger partial charge is 0.353 e. The molecule has 0 saturated carbocycles. The Morgan fingerprint density at radius 3 is 2.57 bits per heavy atom. The molecule has 1 heterocycles. The first-order chi connectivity index (χ1) is 9.95. The fraction of sp³-hybridized carbons (Fsp3) is 0.500. The zero-order valence-electron chi connectivity index (χ0n) is 11.3. The van der Waals surface area contributed by atoms with Gasteiger partial charge in [-0.3, -0.25) is 4.79 Å². The first kappa shape index (κ1) is 15.8. The molecule has 1 aliphatic heterocycles. The number of ether oxygens (including phenoxy) is 2. The summed E-state index contributed by atoms with van der Waals surface area (Å²) in [6, 6.07) is 6.03. The Morgan fingerprint density at radius 1 is 1.29 bits per heavy atom. The summed E-state index contributed by atoms with van der Waals surface area (Å²) in [4.78, 5) is 10.8. The van der Waals surface area contributed by atoms with Gasteiger partial charge in [0.2, 0.25) is 0 Å². The van der Waals surface area contributed by atoms with E-state index in [1.807, 2.05) is 0 Å². The van der Waals surface area contributed by atoms with Gasteiger partial charge in [-0.15, -0.1) is 0 Å². The summed E-state index contributed by atoms with van der Waals surface area (Å²) in [5, 5.41) is 1.79. The molecular weight excluding hydrogens is 287 g/mol. The molecule has 116 valence electrons. The Balaban J connectivity index is 1.82. The van der Waals surface area contributed by atoms with Gasteiger partial charge in [0, 0.05) is 12.3 Å². The minimum Gasteiger partial charge on any atom is -0.353 e. The number of carbonyl (C=O) groups is 1. The van der Waals surface area contributed by atoms with Crippen molar-refractivity contribution >= 4 is 11.6 Å². The zero-order chi connectivity index (χ0) is 15.3. The Hall–Kier alpha value is -1.60. The summed E-state index contributed by atoms with van der Waals surface area (Å²) in [7, 11) is 0. The van der Waals surface area contributed by atoms with Crippen molar-refractivity contribution in [1.82, 2.24) is 0 Å². The van der Waals surface area contributed by atoms with Crippen molar-refractivity contribution in [2.75, 3.05) is 11.9 Å². The molecule has 1 amide bonds. The lowest BCUT2D eigenvalue weighted by Gasteiger charge is -2.22. The first-order valence-electron chi connectivity index (χ1n) is 6.65. The molecule has 0 radical (unpaired) electrons. The van der Waals surface area contributed by atoms with Crippen LogP contribution < -0.4 is 5.32 Å². The number of hydrogen-bond acceptors (Lipinski definition) is 3. The van der Waals surface area contributed by atoms with Crippen LogP contribution in [-0.2, 0) is 20.9 Å². The summed E-state index contributed by atoms with van der Waals surface area (Å²) in [6.45, 7) is 1.01. The average Bonchev–Trinajstić information content (AvgIpc) is 2.46. The van der Waals surface area contributed by atoms with Crippen molar-refractivity contribution < 1.29 is 27.4 Å². The molecule has 21 heavy (non-hydrogen) atoms. The molecule has 1 N–H and O–H groups in total. The van der Waals surface area contributed by atoms with Gasteiger partial charge in [0.15, 0.2) is 6.29 Å². The third-order valence-corrected chi connectivity index (χ3v) is 3.04. The van der Waals surface area contributed by atoms with Crippen LogP contribution in [0.4, 0.5) is 18.9 Å². The van der Waals surface area contributed by atoms with Crippen molar-refractivity contribution in [2.24, 2.45) is 0 Å². The Labute approximate surface area is 120 Å². The minimum atomic E-state index is -4.89. The Kier molecular flexibility index (Phi) is 5.19. The van der Waals surface area contributed by atoms with Gasteiger partial charge in [0.1, 0.15) is 0 Å². The molecule has 2 rings (SSSR count). The number of hydrogen-bond donors (Lipinski definition) is 1. The summed E-state index contributed by atoms with van der Waals surface area (Å²) < 4.78 is 47.2. The third kappa shape index (κ3) is 5.02. The van der Waals surface area contributed by atoms with Gasteiger partial charge >= 0.3 is 12.1 Å². The third-order valence-electron chi connectivity index (χ3n) is 3.04. The second-order valence-electron chi connectivity index (χ2n) is 4.76. The molecule has 0 spiro atoms. The zero-order valence-corrected chi connectivity index (χ0v) is 11.3. The van der Waals surface area contributed by atoms with Gasteiger partial charge in [-0.1, -0.05) is 12.1 Å². The number of nitrogens with one attached hydrogen (secondary N) is 1. The predicted octanol–water partition coefficient (Wildman–Crippen LogP) is 3.23. The Morgan fingerprint density at radius 2 is 2.00 bits per heavy atom. The van der Waals surface area contributed by atoms with Crippen molar-refractivity contribution in [3.8, 4) is 0 Å². The summed E-state index contributed by atoms with van der Waals surface area (Å²) in [5.41, 5.74) is 0.893. The van der Waals surface area contributed by atoms with E-state index < -0.39 is 12.1 Å². The highest BCUT2D eigenvalue weighted by atomic mass is 19.4. The lowest BCUT2D eigenvalue weighted by molar-refractivity contribution is -0.168. The average molecular weight is 303 g/mol. The number of amides is 1. The minimum absolute atomic E-state index is 0.0926. The van der Waals surface area contributed by atoms with E-state index in [1.54, 1.807) is 17.4 Å². The maximum Gasteiger partial charge on any atom is 0.471 e. The van der Waals surface area contributed by atoms with Crippen LogP contribution in [0.5, 0.6) is 0 Å². The number of alkyl halides is 3. The van der Waals surface area contributed by atoms with E-state index in [4.69, 9.17) is 9.47 Å². The molecule has 0 aromatic heterocycles. The number of rotatable bonds is 4. The van der Waals surface area contributed by atoms with Crippen LogP contribution in [0.25, 0.3) is 0 Å². The monoisotopic (exact) mass is 303 g/mol. The highest BCUT2D eigenvalue weighted by Gasteiger charge is 2.38. The molecule has 0 bridgehead atoms. The number of anilines is 1. The van der Waals surface area contributed by atoms with Gasteiger partial charge in [0.05, 0.1) is 6.61 Å². The van der Waals surface area contributed by atoms with Crippen LogP contribution in [0.2, 0.25) is 0 Å². The molecule has 1 aromatic rings. The summed E-state index contributed by atoms with van der Waals surface area (Å²) in [6.07, 6.45) is -2.16. The fourth-order valence-electron chi connectivity index (χ4n) is 1.92. The largest absolute Gasteiger partial charge is 0.471 e. The second-order valence-corrected chi connectivity index (χ2v) is 4.76. The van der Waals surface area contributed by atoms with E-state index in [9.17, 15) is 18.0 Å². The maximum atomic E-state index is 12.1. The molecule has 1 fully saturated rings. The van der Waals surface area contributed by atoms with E-state index in [0.717, 1.165) is 24.8 Å². The van der Waals surface area contributed by atoms with E-state index >= 15 is 0 Å². The van der Waals surface area contributed by atoms with Crippen molar-refractivity contribution in [3.05, 3.63) is 29.8 Å². The molecule has 1 aliphatic rings. The van der Waals surface area contributed by atoms with Crippen LogP contribution in [0.3, 0.4) is 0 Å². The summed E-state index contributed by atoms with van der Waals surface area (Å²) in [5.74, 6) is -1.98. The molecule has 1 saturated heterocycles. The normalized spacial score (nSPS) is 19.3. The number of benzene rings is 1. The molecule has 1 atom stereocenters. The quantitative estimate of drug-likeness (QED) is 0.929. The highest BCUT2D eigenvalue weighted by Crippen LogP contribution is 2.19. The van der Waals surface area contributed by atoms with Crippen LogP contribution in [0.15, 0.2) is 24.3 Å². The van der Waals surface area contributed by atoms with Gasteiger partial charge in [-0.25, -0.2) is 0 Å². The molecule has 1 unspecified atom stereocenters. The van der Waals surface area contributed by atoms with E-state index in [0.29, 0.717) is 13.2 Å². The van der Waals surface area contributed by atoms with Gasteiger partial charge < -0.3 is 14.8 Å². The highest BCUT2D eigenvalue weighted by molar-refractivity contribution is 5.94. The molecule has 1 aromatic carbocycles. The predicted molar refractivity (Wildman–Crippen MR) is 69.5 cm³/mol. The molecular formula is C14H16F3NO3. The standard InChI is InChI=1S/C14H16F3NO3/c15-14(16,17)13(19)18-11-6-4-10(5-7-11)9-21-12-3-1-2-8-20-12/h4-7,12H,1-3,8-9H2,(H,18,19). The lowest BCUT2D eigenvalue weighted by Crippen LogP contribution is -2.29. The maximum absolute atomic E-state index is 12.1. The van der Waals surface area contributed by atoms with Crippen LogP contribution in [0.1, 0.15) is 24.8 Å². The van der Waals surface area contributed by atoms with Crippen molar-refractivity contribution in [2.45, 2.75) is 38.3 Å². The first-order valence-corrected chi connectivity index (χ1v) is 6.65. The van der Waals surface area contributed by atoms with E-state index in [2.05, 4.69) is 0 Å². The molecule has 4 nitrogen and oxygen atoms in total. The topological polar surface area (TPSA) is 47.6 Å². The van der Waals surface area contributed by atoms with Crippen molar-refractivity contribution in [3.63, 3.8) is 0 Å². The summed E-state index contributed by atoms with van der Waals surface area (Å²) >= 11 is 0. The van der Waals surface area contributed by atoms with Crippen LogP contribution in [0, 0.1) is 0 Å². The SMILES string of the molecule is O=C(Nc1ccc(COC2CCCCO2)cc1)C(F)(F)F. The number of carbonyl (C=O) groups excluding carboxylic acids is 1. The molecule has 0 aliphatic carbocycles. The fourth-order valence-corrected chi connectivity index (χ4v) is 1.92. The van der Waals surface area contributed by atoms with Gasteiger partial charge in [-0.05, 0) is 37.0 Å². The van der Waals surface area contributed by atoms with Crippen LogP contribution >= 0.6 is 0 Å². The van der Waals surface area contributed by atoms with E-state index in [1.165, 1.54) is 12.1 Å². The molecule has 7 heteroatoms. The van der Waals surface area contributed by atoms with Gasteiger partial charge in [-0.2, -0.15) is 13.2 Å². The van der Waals surface area contributed by atoms with Crippen molar-refractivity contribution in [1.29, 1.82) is 0 Å². The lowest BCUT2D eigenvalue weighted by atomic mass is 10.2. The number of halogens is 3. The van der Waals surface area contributed by atoms with Crippen LogP contribution in [-0.4, -0.2) is 25.0 Å². The van der Waals surface area contributed by atoms with Gasteiger partial charge in [0.25, 0.3) is 0 Å². The Bertz CT molecular complexity index is 467. The second kappa shape index (κ2) is 6.91. The van der Waals surface area contributed by atoms with E-state index in [-0.39, 0.29) is 12.0 Å².